The molecule has 1 aromatic carbocycles. The van der Waals surface area contributed by atoms with Crippen molar-refractivity contribution in [3.05, 3.63) is 35.4 Å². The van der Waals surface area contributed by atoms with E-state index in [1.807, 2.05) is 24.3 Å². The molecule has 3 nitrogen and oxygen atoms in total. The second kappa shape index (κ2) is 7.04. The zero-order valence-corrected chi connectivity index (χ0v) is 11.8. The molecule has 2 unspecified atom stereocenters. The second-order valence-corrected chi connectivity index (χ2v) is 5.58. The number of likely N-dealkylation sites (tertiary alicyclic amines) is 1. The molecule has 106 valence electrons. The highest BCUT2D eigenvalue weighted by Gasteiger charge is 2.24. The minimum atomic E-state index is -0.431. The van der Waals surface area contributed by atoms with Crippen molar-refractivity contribution in [2.24, 2.45) is 0 Å². The molecule has 1 aliphatic heterocycles. The fourth-order valence-corrected chi connectivity index (χ4v) is 2.89. The van der Waals surface area contributed by atoms with E-state index in [4.69, 9.17) is 5.11 Å². The van der Waals surface area contributed by atoms with Crippen LogP contribution in [-0.4, -0.2) is 40.9 Å². The third-order valence-corrected chi connectivity index (χ3v) is 4.08. The van der Waals surface area contributed by atoms with Gasteiger partial charge in [-0.25, -0.2) is 0 Å². The Balaban J connectivity index is 1.96. The lowest BCUT2D eigenvalue weighted by molar-refractivity contribution is 0.0565. The summed E-state index contributed by atoms with van der Waals surface area (Å²) in [6, 6.07) is 8.52. The van der Waals surface area contributed by atoms with Gasteiger partial charge in [0.1, 0.15) is 0 Å². The second-order valence-electron chi connectivity index (χ2n) is 5.58. The highest BCUT2D eigenvalue weighted by atomic mass is 16.3. The monoisotopic (exact) mass is 263 g/mol. The Labute approximate surface area is 115 Å². The summed E-state index contributed by atoms with van der Waals surface area (Å²) >= 11 is 0. The molecule has 1 saturated heterocycles. The number of β-amino-alcohol motifs (C(OH)–C–C–N with tert-alkyl or cyclic N) is 1. The summed E-state index contributed by atoms with van der Waals surface area (Å²) in [6.07, 6.45) is 3.96. The summed E-state index contributed by atoms with van der Waals surface area (Å²) in [6.45, 7) is 4.00. The van der Waals surface area contributed by atoms with Gasteiger partial charge in [0.05, 0.1) is 6.10 Å². The van der Waals surface area contributed by atoms with E-state index in [2.05, 4.69) is 11.8 Å². The first-order valence-electron chi connectivity index (χ1n) is 7.30. The van der Waals surface area contributed by atoms with Crippen LogP contribution in [-0.2, 0) is 0 Å². The standard InChI is InChI=1S/C16H25NO2/c1-13-5-7-14(8-6-13)16(19)12-17-10-3-2-4-15(17)9-11-18/h5-8,15-16,18-19H,2-4,9-12H2,1H3. The van der Waals surface area contributed by atoms with Crippen LogP contribution in [0.3, 0.4) is 0 Å². The van der Waals surface area contributed by atoms with Crippen molar-refractivity contribution >= 4 is 0 Å². The number of hydrogen-bond acceptors (Lipinski definition) is 3. The van der Waals surface area contributed by atoms with Crippen LogP contribution < -0.4 is 0 Å². The Morgan fingerprint density at radius 1 is 1.26 bits per heavy atom. The molecule has 2 atom stereocenters. The average Bonchev–Trinajstić information content (AvgIpc) is 2.42. The molecule has 0 saturated carbocycles. The van der Waals surface area contributed by atoms with E-state index in [1.165, 1.54) is 18.4 Å². The Bertz CT molecular complexity index is 375. The molecule has 3 heteroatoms. The van der Waals surface area contributed by atoms with Crippen molar-refractivity contribution in [2.45, 2.75) is 44.8 Å². The maximum atomic E-state index is 10.3. The maximum Gasteiger partial charge on any atom is 0.0917 e. The fraction of sp³-hybridized carbons (Fsp3) is 0.625. The number of benzene rings is 1. The molecule has 1 aliphatic rings. The van der Waals surface area contributed by atoms with E-state index in [0.29, 0.717) is 12.6 Å². The normalized spacial score (nSPS) is 22.4. The Morgan fingerprint density at radius 3 is 2.68 bits per heavy atom. The van der Waals surface area contributed by atoms with Crippen LogP contribution in [0.5, 0.6) is 0 Å². The number of aryl methyl sites for hydroxylation is 1. The molecule has 0 bridgehead atoms. The summed E-state index contributed by atoms with van der Waals surface area (Å²) < 4.78 is 0. The molecular formula is C16H25NO2. The lowest BCUT2D eigenvalue weighted by Crippen LogP contribution is -2.42. The zero-order valence-electron chi connectivity index (χ0n) is 11.8. The lowest BCUT2D eigenvalue weighted by Gasteiger charge is -2.36. The quantitative estimate of drug-likeness (QED) is 0.856. The van der Waals surface area contributed by atoms with Gasteiger partial charge in [0, 0.05) is 19.2 Å². The molecule has 2 N–H and O–H groups in total. The first kappa shape index (κ1) is 14.5. The Hall–Kier alpha value is -0.900. The van der Waals surface area contributed by atoms with Gasteiger partial charge in [-0.3, -0.25) is 4.90 Å². The van der Waals surface area contributed by atoms with Gasteiger partial charge in [-0.05, 0) is 38.3 Å². The van der Waals surface area contributed by atoms with Crippen LogP contribution >= 0.6 is 0 Å². The summed E-state index contributed by atoms with van der Waals surface area (Å²) in [4.78, 5) is 2.34. The van der Waals surface area contributed by atoms with E-state index in [-0.39, 0.29) is 6.61 Å². The van der Waals surface area contributed by atoms with Crippen molar-refractivity contribution in [3.63, 3.8) is 0 Å². The molecule has 19 heavy (non-hydrogen) atoms. The van der Waals surface area contributed by atoms with Crippen LogP contribution in [0, 0.1) is 6.92 Å². The minimum absolute atomic E-state index is 0.238. The van der Waals surface area contributed by atoms with E-state index < -0.39 is 6.10 Å². The number of piperidine rings is 1. The Kier molecular flexibility index (Phi) is 5.37. The van der Waals surface area contributed by atoms with Crippen molar-refractivity contribution in [3.8, 4) is 0 Å². The van der Waals surface area contributed by atoms with E-state index in [0.717, 1.165) is 24.9 Å². The van der Waals surface area contributed by atoms with Gasteiger partial charge in [-0.1, -0.05) is 36.2 Å². The third-order valence-electron chi connectivity index (χ3n) is 4.08. The van der Waals surface area contributed by atoms with Crippen LogP contribution in [0.2, 0.25) is 0 Å². The lowest BCUT2D eigenvalue weighted by atomic mass is 9.98. The number of aliphatic hydroxyl groups excluding tert-OH is 2. The average molecular weight is 263 g/mol. The largest absolute Gasteiger partial charge is 0.396 e. The van der Waals surface area contributed by atoms with E-state index >= 15 is 0 Å². The van der Waals surface area contributed by atoms with Crippen molar-refractivity contribution in [1.29, 1.82) is 0 Å². The minimum Gasteiger partial charge on any atom is -0.396 e. The van der Waals surface area contributed by atoms with E-state index in [9.17, 15) is 5.11 Å². The van der Waals surface area contributed by atoms with Crippen molar-refractivity contribution in [1.82, 2.24) is 4.90 Å². The zero-order chi connectivity index (χ0) is 13.7. The number of nitrogens with zero attached hydrogens (tertiary/aromatic N) is 1. The summed E-state index contributed by atoms with van der Waals surface area (Å²) in [7, 11) is 0. The summed E-state index contributed by atoms with van der Waals surface area (Å²) in [5.41, 5.74) is 2.20. The van der Waals surface area contributed by atoms with Gasteiger partial charge in [-0.15, -0.1) is 0 Å². The van der Waals surface area contributed by atoms with Gasteiger partial charge < -0.3 is 10.2 Å². The van der Waals surface area contributed by atoms with Crippen LogP contribution in [0.4, 0.5) is 0 Å². The summed E-state index contributed by atoms with van der Waals surface area (Å²) in [5.74, 6) is 0. The molecule has 1 aromatic rings. The molecule has 0 amide bonds. The fourth-order valence-electron chi connectivity index (χ4n) is 2.89. The molecule has 2 rings (SSSR count). The van der Waals surface area contributed by atoms with Gasteiger partial charge in [0.15, 0.2) is 0 Å². The predicted octanol–water partition coefficient (Wildman–Crippen LogP) is 2.27. The molecule has 0 aromatic heterocycles. The van der Waals surface area contributed by atoms with Gasteiger partial charge in [0.2, 0.25) is 0 Å². The Morgan fingerprint density at radius 2 is 2.00 bits per heavy atom. The number of aliphatic hydroxyl groups is 2. The SMILES string of the molecule is Cc1ccc(C(O)CN2CCCCC2CCO)cc1. The molecule has 0 aliphatic carbocycles. The molecule has 1 fully saturated rings. The maximum absolute atomic E-state index is 10.3. The first-order valence-corrected chi connectivity index (χ1v) is 7.30. The summed E-state index contributed by atoms with van der Waals surface area (Å²) in [5, 5.41) is 19.5. The third kappa shape index (κ3) is 4.03. The van der Waals surface area contributed by atoms with Crippen LogP contribution in [0.25, 0.3) is 0 Å². The van der Waals surface area contributed by atoms with E-state index in [1.54, 1.807) is 0 Å². The number of rotatable bonds is 5. The van der Waals surface area contributed by atoms with Crippen molar-refractivity contribution in [2.75, 3.05) is 19.7 Å². The molecular weight excluding hydrogens is 238 g/mol. The molecule has 0 spiro atoms. The topological polar surface area (TPSA) is 43.7 Å². The molecule has 0 radical (unpaired) electrons. The number of hydrogen-bond donors (Lipinski definition) is 2. The van der Waals surface area contributed by atoms with Gasteiger partial charge >= 0.3 is 0 Å². The van der Waals surface area contributed by atoms with Crippen molar-refractivity contribution < 1.29 is 10.2 Å². The predicted molar refractivity (Wildman–Crippen MR) is 77.1 cm³/mol. The first-order chi connectivity index (χ1) is 9.20. The van der Waals surface area contributed by atoms with Gasteiger partial charge in [0.25, 0.3) is 0 Å². The van der Waals surface area contributed by atoms with Crippen LogP contribution in [0.1, 0.15) is 42.9 Å². The highest BCUT2D eigenvalue weighted by Crippen LogP contribution is 2.23. The smallest absolute Gasteiger partial charge is 0.0917 e. The molecule has 1 heterocycles. The van der Waals surface area contributed by atoms with Gasteiger partial charge in [-0.2, -0.15) is 0 Å². The van der Waals surface area contributed by atoms with Crippen LogP contribution in [0.15, 0.2) is 24.3 Å². The highest BCUT2D eigenvalue weighted by molar-refractivity contribution is 5.23.